The van der Waals surface area contributed by atoms with Crippen LogP contribution in [0.4, 0.5) is 10.2 Å². The molecule has 0 aliphatic carbocycles. The molecule has 1 aliphatic rings. The molecule has 2 aromatic carbocycles. The highest BCUT2D eigenvalue weighted by Gasteiger charge is 2.23. The summed E-state index contributed by atoms with van der Waals surface area (Å²) in [6.07, 6.45) is 4.20. The van der Waals surface area contributed by atoms with Gasteiger partial charge < -0.3 is 15.8 Å². The SMILES string of the molecule is COc1ccc(F)cc1C(=O)CCc1ccc(-c2nn(C3CCNCC3)c3ncnc(N)c23)cc1. The fourth-order valence-corrected chi connectivity index (χ4v) is 4.62. The molecule has 0 bridgehead atoms. The number of nitrogens with one attached hydrogen (secondary N) is 1. The molecule has 0 unspecified atom stereocenters. The van der Waals surface area contributed by atoms with Crippen molar-refractivity contribution >= 4 is 22.6 Å². The first kappa shape index (κ1) is 22.9. The van der Waals surface area contributed by atoms with Crippen molar-refractivity contribution in [3.8, 4) is 17.0 Å². The number of methoxy groups -OCH3 is 1. The molecule has 5 rings (SSSR count). The van der Waals surface area contributed by atoms with E-state index in [1.807, 2.05) is 28.9 Å². The van der Waals surface area contributed by atoms with Crippen molar-refractivity contribution in [1.29, 1.82) is 0 Å². The Hall–Kier alpha value is -3.85. The van der Waals surface area contributed by atoms with E-state index in [0.717, 1.165) is 53.8 Å². The smallest absolute Gasteiger partial charge is 0.167 e. The molecule has 0 saturated carbocycles. The minimum absolute atomic E-state index is 0.165. The zero-order valence-electron chi connectivity index (χ0n) is 19.5. The van der Waals surface area contributed by atoms with Gasteiger partial charge in [-0.3, -0.25) is 4.79 Å². The van der Waals surface area contributed by atoms with Gasteiger partial charge >= 0.3 is 0 Å². The van der Waals surface area contributed by atoms with Crippen LogP contribution in [0.25, 0.3) is 22.3 Å². The number of fused-ring (bicyclic) bond motifs is 1. The van der Waals surface area contributed by atoms with Crippen LogP contribution in [0.15, 0.2) is 48.8 Å². The van der Waals surface area contributed by atoms with Gasteiger partial charge in [0.05, 0.1) is 24.1 Å². The number of hydrogen-bond donors (Lipinski definition) is 2. The van der Waals surface area contributed by atoms with Gasteiger partial charge in [-0.1, -0.05) is 24.3 Å². The van der Waals surface area contributed by atoms with Gasteiger partial charge in [-0.15, -0.1) is 0 Å². The van der Waals surface area contributed by atoms with Crippen molar-refractivity contribution in [2.75, 3.05) is 25.9 Å². The first-order chi connectivity index (χ1) is 17.0. The summed E-state index contributed by atoms with van der Waals surface area (Å²) in [4.78, 5) is 21.4. The van der Waals surface area contributed by atoms with Crippen molar-refractivity contribution in [2.45, 2.75) is 31.7 Å². The zero-order chi connectivity index (χ0) is 24.4. The van der Waals surface area contributed by atoms with Crippen molar-refractivity contribution in [3.63, 3.8) is 0 Å². The summed E-state index contributed by atoms with van der Waals surface area (Å²) in [7, 11) is 1.47. The molecule has 0 radical (unpaired) electrons. The highest BCUT2D eigenvalue weighted by Crippen LogP contribution is 2.33. The Bertz CT molecular complexity index is 1360. The van der Waals surface area contributed by atoms with Gasteiger partial charge in [0, 0.05) is 12.0 Å². The van der Waals surface area contributed by atoms with Crippen LogP contribution >= 0.6 is 0 Å². The predicted octanol–water partition coefficient (Wildman–Crippen LogP) is 3.96. The van der Waals surface area contributed by atoms with Crippen LogP contribution in [0.2, 0.25) is 0 Å². The maximum Gasteiger partial charge on any atom is 0.167 e. The van der Waals surface area contributed by atoms with E-state index in [4.69, 9.17) is 15.6 Å². The van der Waals surface area contributed by atoms with E-state index < -0.39 is 5.82 Å². The highest BCUT2D eigenvalue weighted by atomic mass is 19.1. The van der Waals surface area contributed by atoms with E-state index in [1.54, 1.807) is 0 Å². The Labute approximate surface area is 202 Å². The van der Waals surface area contributed by atoms with Crippen molar-refractivity contribution in [3.05, 3.63) is 65.7 Å². The summed E-state index contributed by atoms with van der Waals surface area (Å²) in [5.41, 5.74) is 9.91. The maximum atomic E-state index is 13.6. The van der Waals surface area contributed by atoms with Crippen LogP contribution in [0.5, 0.6) is 5.75 Å². The molecule has 0 amide bonds. The second-order valence-corrected chi connectivity index (χ2v) is 8.70. The third-order valence-electron chi connectivity index (χ3n) is 6.50. The number of anilines is 1. The Morgan fingerprint density at radius 3 is 2.69 bits per heavy atom. The number of ketones is 1. The number of nitrogens with zero attached hydrogens (tertiary/aromatic N) is 4. The summed E-state index contributed by atoms with van der Waals surface area (Å²) in [5.74, 6) is 0.159. The van der Waals surface area contributed by atoms with Crippen molar-refractivity contribution in [1.82, 2.24) is 25.1 Å². The number of hydrogen-bond acceptors (Lipinski definition) is 7. The Balaban J connectivity index is 1.38. The van der Waals surface area contributed by atoms with E-state index in [-0.39, 0.29) is 23.8 Å². The molecule has 180 valence electrons. The number of piperidine rings is 1. The molecule has 2 aromatic heterocycles. The van der Waals surface area contributed by atoms with E-state index >= 15 is 0 Å². The van der Waals surface area contributed by atoms with E-state index in [0.29, 0.717) is 18.0 Å². The highest BCUT2D eigenvalue weighted by molar-refractivity contribution is 5.99. The lowest BCUT2D eigenvalue weighted by Gasteiger charge is -2.23. The van der Waals surface area contributed by atoms with E-state index in [2.05, 4.69) is 15.3 Å². The molecular weight excluding hydrogens is 447 g/mol. The van der Waals surface area contributed by atoms with E-state index in [1.165, 1.54) is 31.6 Å². The molecule has 0 spiro atoms. The Morgan fingerprint density at radius 1 is 1.17 bits per heavy atom. The van der Waals surface area contributed by atoms with Crippen LogP contribution in [-0.4, -0.2) is 45.7 Å². The Kier molecular flexibility index (Phi) is 6.41. The van der Waals surface area contributed by atoms with Gasteiger partial charge in [0.15, 0.2) is 11.4 Å². The summed E-state index contributed by atoms with van der Waals surface area (Å²) in [5, 5.41) is 9.05. The summed E-state index contributed by atoms with van der Waals surface area (Å²) in [6, 6.07) is 12.1. The number of nitrogens with two attached hydrogens (primary N) is 1. The largest absolute Gasteiger partial charge is 0.496 e. The van der Waals surface area contributed by atoms with Gasteiger partial charge in [-0.25, -0.2) is 19.0 Å². The van der Waals surface area contributed by atoms with E-state index in [9.17, 15) is 9.18 Å². The van der Waals surface area contributed by atoms with Crippen LogP contribution in [0, 0.1) is 5.82 Å². The number of carbonyl (C=O) groups excluding carboxylic acids is 1. The summed E-state index contributed by atoms with van der Waals surface area (Å²) < 4.78 is 20.8. The van der Waals surface area contributed by atoms with Gasteiger partial charge in [0.2, 0.25) is 0 Å². The number of aryl methyl sites for hydroxylation is 1. The molecule has 3 N–H and O–H groups in total. The van der Waals surface area contributed by atoms with Crippen LogP contribution in [0.1, 0.15) is 41.2 Å². The number of carbonyl (C=O) groups is 1. The minimum Gasteiger partial charge on any atom is -0.496 e. The number of halogens is 1. The van der Waals surface area contributed by atoms with Crippen LogP contribution in [0.3, 0.4) is 0 Å². The normalized spacial score (nSPS) is 14.3. The third kappa shape index (κ3) is 4.59. The monoisotopic (exact) mass is 474 g/mol. The first-order valence-corrected chi connectivity index (χ1v) is 11.7. The average molecular weight is 475 g/mol. The molecular formula is C26H27FN6O2. The number of nitrogen functional groups attached to an aromatic ring is 1. The molecule has 1 fully saturated rings. The molecule has 1 saturated heterocycles. The van der Waals surface area contributed by atoms with Gasteiger partial charge in [-0.2, -0.15) is 5.10 Å². The van der Waals surface area contributed by atoms with Crippen LogP contribution < -0.4 is 15.8 Å². The van der Waals surface area contributed by atoms with Crippen molar-refractivity contribution in [2.24, 2.45) is 0 Å². The lowest BCUT2D eigenvalue weighted by atomic mass is 10.00. The second kappa shape index (κ2) is 9.79. The van der Waals surface area contributed by atoms with Gasteiger partial charge in [-0.05, 0) is 56.1 Å². The third-order valence-corrected chi connectivity index (χ3v) is 6.50. The summed E-state index contributed by atoms with van der Waals surface area (Å²) in [6.45, 7) is 1.88. The lowest BCUT2D eigenvalue weighted by molar-refractivity contribution is 0.0979. The molecule has 3 heterocycles. The molecule has 1 aliphatic heterocycles. The predicted molar refractivity (Wildman–Crippen MR) is 132 cm³/mol. The summed E-state index contributed by atoms with van der Waals surface area (Å²) >= 11 is 0. The standard InChI is InChI=1S/C26H27FN6O2/c1-35-22-9-7-18(27)14-20(22)21(34)8-4-16-2-5-17(6-3-16)24-23-25(28)30-15-31-26(23)33(32-24)19-10-12-29-13-11-19/h2-3,5-7,9,14-15,19,29H,4,8,10-13H2,1H3,(H2,28,30,31). The minimum atomic E-state index is -0.460. The molecule has 4 aromatic rings. The number of aromatic nitrogens is 4. The number of rotatable bonds is 7. The van der Waals surface area contributed by atoms with Crippen LogP contribution in [-0.2, 0) is 6.42 Å². The zero-order valence-corrected chi connectivity index (χ0v) is 19.5. The molecule has 0 atom stereocenters. The van der Waals surface area contributed by atoms with Gasteiger partial charge in [0.25, 0.3) is 0 Å². The fraction of sp³-hybridized carbons (Fsp3) is 0.308. The van der Waals surface area contributed by atoms with Gasteiger partial charge in [0.1, 0.15) is 29.4 Å². The average Bonchev–Trinajstić information content (AvgIpc) is 3.29. The second-order valence-electron chi connectivity index (χ2n) is 8.70. The topological polar surface area (TPSA) is 108 Å². The maximum absolute atomic E-state index is 13.6. The lowest BCUT2D eigenvalue weighted by Crippen LogP contribution is -2.30. The first-order valence-electron chi connectivity index (χ1n) is 11.7. The number of ether oxygens (including phenoxy) is 1. The quantitative estimate of drug-likeness (QED) is 0.390. The fourth-order valence-electron chi connectivity index (χ4n) is 4.62. The van der Waals surface area contributed by atoms with Crippen molar-refractivity contribution < 1.29 is 13.9 Å². The molecule has 35 heavy (non-hydrogen) atoms. The Morgan fingerprint density at radius 2 is 1.94 bits per heavy atom. The number of benzene rings is 2. The number of Topliss-reactive ketones (excluding diaryl/α,β-unsaturated/α-hetero) is 1. The molecule has 9 heteroatoms. The molecule has 8 nitrogen and oxygen atoms in total.